The summed E-state index contributed by atoms with van der Waals surface area (Å²) in [5, 5.41) is 7.22. The van der Waals surface area contributed by atoms with Crippen LogP contribution >= 0.6 is 0 Å². The molecule has 1 aliphatic rings. The van der Waals surface area contributed by atoms with Gasteiger partial charge in [0.25, 0.3) is 5.91 Å². The summed E-state index contributed by atoms with van der Waals surface area (Å²) in [5.41, 5.74) is 1.86. The minimum absolute atomic E-state index is 0.0467. The van der Waals surface area contributed by atoms with Gasteiger partial charge in [0.2, 0.25) is 0 Å². The summed E-state index contributed by atoms with van der Waals surface area (Å²) in [6.45, 7) is 7.70. The summed E-state index contributed by atoms with van der Waals surface area (Å²) in [6.07, 6.45) is -0.209. The summed E-state index contributed by atoms with van der Waals surface area (Å²) < 4.78 is 31.0. The van der Waals surface area contributed by atoms with Crippen molar-refractivity contribution in [2.24, 2.45) is 0 Å². The number of sulfone groups is 1. The van der Waals surface area contributed by atoms with E-state index in [1.807, 2.05) is 31.2 Å². The quantitative estimate of drug-likeness (QED) is 0.798. The molecule has 1 saturated heterocycles. The maximum absolute atomic E-state index is 12.6. The normalized spacial score (nSPS) is 19.5. The molecule has 0 bridgehead atoms. The number of amides is 1. The third-order valence-corrected chi connectivity index (χ3v) is 6.62. The Bertz CT molecular complexity index is 966. The average molecular weight is 406 g/mol. The van der Waals surface area contributed by atoms with E-state index in [4.69, 9.17) is 4.74 Å². The number of anilines is 1. The number of ether oxygens (including phenoxy) is 1. The maximum Gasteiger partial charge on any atom is 0.266 e. The number of carbonyl (C=O) groups excluding carboxylic acids is 1. The zero-order chi connectivity index (χ0) is 20.5. The molecule has 2 atom stereocenters. The van der Waals surface area contributed by atoms with Crippen LogP contribution in [0.3, 0.4) is 0 Å². The number of nitrogens with one attached hydrogen (secondary N) is 1. The van der Waals surface area contributed by atoms with Gasteiger partial charge in [0, 0.05) is 6.07 Å². The van der Waals surface area contributed by atoms with Gasteiger partial charge in [-0.2, -0.15) is 5.10 Å². The van der Waals surface area contributed by atoms with Crippen LogP contribution in [0.5, 0.6) is 5.75 Å². The second-order valence-corrected chi connectivity index (χ2v) is 9.88. The van der Waals surface area contributed by atoms with Gasteiger partial charge >= 0.3 is 0 Å². The monoisotopic (exact) mass is 405 g/mol. The average Bonchev–Trinajstić information content (AvgIpc) is 3.16. The summed E-state index contributed by atoms with van der Waals surface area (Å²) in [5.74, 6) is 1.39. The molecule has 1 amide bonds. The first kappa shape index (κ1) is 20.4. The first-order chi connectivity index (χ1) is 13.1. The lowest BCUT2D eigenvalue weighted by Crippen LogP contribution is -2.31. The Hall–Kier alpha value is -2.35. The number of nitrogens with zero attached hydrogens (tertiary/aromatic N) is 2. The fourth-order valence-corrected chi connectivity index (χ4v) is 4.98. The van der Waals surface area contributed by atoms with E-state index < -0.39 is 15.9 Å². The second kappa shape index (κ2) is 7.95. The van der Waals surface area contributed by atoms with Gasteiger partial charge in [0.1, 0.15) is 11.6 Å². The number of benzene rings is 1. The second-order valence-electron chi connectivity index (χ2n) is 7.65. The van der Waals surface area contributed by atoms with Crippen molar-refractivity contribution in [3.8, 4) is 5.75 Å². The molecule has 7 nitrogen and oxygen atoms in total. The molecule has 152 valence electrons. The zero-order valence-corrected chi connectivity index (χ0v) is 17.5. The van der Waals surface area contributed by atoms with Gasteiger partial charge in [-0.3, -0.25) is 4.79 Å². The third kappa shape index (κ3) is 4.73. The van der Waals surface area contributed by atoms with E-state index in [0.717, 1.165) is 11.3 Å². The molecule has 0 saturated carbocycles. The molecule has 2 unspecified atom stereocenters. The van der Waals surface area contributed by atoms with Crippen LogP contribution in [0, 0.1) is 6.92 Å². The lowest BCUT2D eigenvalue weighted by Gasteiger charge is -2.18. The fourth-order valence-electron chi connectivity index (χ4n) is 3.29. The molecule has 1 aromatic heterocycles. The molecule has 8 heteroatoms. The number of rotatable bonds is 6. The Morgan fingerprint density at radius 3 is 2.68 bits per heavy atom. The first-order valence-electron chi connectivity index (χ1n) is 9.48. The highest BCUT2D eigenvalue weighted by atomic mass is 32.2. The van der Waals surface area contributed by atoms with Gasteiger partial charge in [-0.15, -0.1) is 0 Å². The van der Waals surface area contributed by atoms with E-state index in [9.17, 15) is 13.2 Å². The number of aryl methyl sites for hydroxylation is 1. The van der Waals surface area contributed by atoms with Crippen molar-refractivity contribution in [3.63, 3.8) is 0 Å². The van der Waals surface area contributed by atoms with Crippen molar-refractivity contribution in [1.29, 1.82) is 0 Å². The van der Waals surface area contributed by atoms with Gasteiger partial charge in [-0.1, -0.05) is 26.0 Å². The minimum Gasteiger partial charge on any atom is -0.481 e. The van der Waals surface area contributed by atoms with Crippen molar-refractivity contribution in [3.05, 3.63) is 41.6 Å². The number of hydrogen-bond acceptors (Lipinski definition) is 5. The van der Waals surface area contributed by atoms with E-state index in [0.29, 0.717) is 23.9 Å². The van der Waals surface area contributed by atoms with Crippen molar-refractivity contribution in [2.45, 2.75) is 52.2 Å². The fraction of sp³-hybridized carbons (Fsp3) is 0.500. The van der Waals surface area contributed by atoms with E-state index in [1.54, 1.807) is 17.7 Å². The highest BCUT2D eigenvalue weighted by Gasteiger charge is 2.31. The Balaban J connectivity index is 1.70. The Kier molecular flexibility index (Phi) is 5.79. The number of hydrogen-bond donors (Lipinski definition) is 1. The van der Waals surface area contributed by atoms with Crippen molar-refractivity contribution in [2.75, 3.05) is 16.8 Å². The summed E-state index contributed by atoms with van der Waals surface area (Å²) in [7, 11) is -3.05. The van der Waals surface area contributed by atoms with E-state index in [1.165, 1.54) is 0 Å². The molecule has 28 heavy (non-hydrogen) atoms. The topological polar surface area (TPSA) is 90.3 Å². The number of carbonyl (C=O) groups is 1. The van der Waals surface area contributed by atoms with Crippen LogP contribution in [0.1, 0.15) is 50.4 Å². The van der Waals surface area contributed by atoms with Gasteiger partial charge in [-0.25, -0.2) is 13.1 Å². The summed E-state index contributed by atoms with van der Waals surface area (Å²) in [6, 6.07) is 9.19. The van der Waals surface area contributed by atoms with E-state index in [2.05, 4.69) is 24.3 Å². The summed E-state index contributed by atoms with van der Waals surface area (Å²) >= 11 is 0. The van der Waals surface area contributed by atoms with Gasteiger partial charge < -0.3 is 10.1 Å². The molecule has 2 heterocycles. The van der Waals surface area contributed by atoms with Crippen molar-refractivity contribution in [1.82, 2.24) is 9.78 Å². The van der Waals surface area contributed by atoms with E-state index in [-0.39, 0.29) is 23.5 Å². The van der Waals surface area contributed by atoms with Crippen LogP contribution < -0.4 is 10.1 Å². The van der Waals surface area contributed by atoms with Crippen LogP contribution in [0.25, 0.3) is 0 Å². The Morgan fingerprint density at radius 2 is 2.04 bits per heavy atom. The van der Waals surface area contributed by atoms with Crippen LogP contribution in [-0.2, 0) is 14.6 Å². The third-order valence-electron chi connectivity index (χ3n) is 4.87. The smallest absolute Gasteiger partial charge is 0.266 e. The predicted octanol–water partition coefficient (Wildman–Crippen LogP) is 3.08. The largest absolute Gasteiger partial charge is 0.481 e. The van der Waals surface area contributed by atoms with Crippen molar-refractivity contribution < 1.29 is 17.9 Å². The minimum atomic E-state index is -3.05. The van der Waals surface area contributed by atoms with Gasteiger partial charge in [0.15, 0.2) is 15.9 Å². The highest BCUT2D eigenvalue weighted by Crippen LogP contribution is 2.27. The Morgan fingerprint density at radius 1 is 1.29 bits per heavy atom. The SMILES string of the molecule is Cc1cc(NC(=O)C(C)Oc2cccc(C(C)C)c2)n(C2CCS(=O)(=O)C2)n1. The van der Waals surface area contributed by atoms with Crippen LogP contribution in [0.2, 0.25) is 0 Å². The van der Waals surface area contributed by atoms with E-state index >= 15 is 0 Å². The molecule has 1 aromatic carbocycles. The Labute approximate surface area is 166 Å². The molecule has 0 radical (unpaired) electrons. The molecular weight excluding hydrogens is 378 g/mol. The van der Waals surface area contributed by atoms with Gasteiger partial charge in [-0.05, 0) is 43.9 Å². The molecule has 0 spiro atoms. The zero-order valence-electron chi connectivity index (χ0n) is 16.7. The maximum atomic E-state index is 12.6. The first-order valence-corrected chi connectivity index (χ1v) is 11.3. The predicted molar refractivity (Wildman–Crippen MR) is 109 cm³/mol. The molecular formula is C20H27N3O4S. The molecule has 3 rings (SSSR count). The van der Waals surface area contributed by atoms with Crippen LogP contribution in [0.15, 0.2) is 30.3 Å². The van der Waals surface area contributed by atoms with Crippen molar-refractivity contribution >= 4 is 21.6 Å². The molecule has 0 aliphatic carbocycles. The number of aromatic nitrogens is 2. The molecule has 1 N–H and O–H groups in total. The molecule has 1 aliphatic heterocycles. The van der Waals surface area contributed by atoms with Crippen LogP contribution in [-0.4, -0.2) is 41.7 Å². The lowest BCUT2D eigenvalue weighted by atomic mass is 10.0. The lowest BCUT2D eigenvalue weighted by molar-refractivity contribution is -0.122. The standard InChI is InChI=1S/C20H27N3O4S/c1-13(2)16-6-5-7-18(11-16)27-15(4)20(24)21-19-10-14(3)22-23(19)17-8-9-28(25,26)12-17/h5-7,10-11,13,15,17H,8-9,12H2,1-4H3,(H,21,24). The highest BCUT2D eigenvalue weighted by molar-refractivity contribution is 7.91. The van der Waals surface area contributed by atoms with Crippen LogP contribution in [0.4, 0.5) is 5.82 Å². The molecule has 2 aromatic rings. The van der Waals surface area contributed by atoms with Gasteiger partial charge in [0.05, 0.1) is 23.2 Å². The molecule has 1 fully saturated rings. The summed E-state index contributed by atoms with van der Waals surface area (Å²) in [4.78, 5) is 12.6.